The molecule has 0 amide bonds. The second-order valence-electron chi connectivity index (χ2n) is 3.32. The van der Waals surface area contributed by atoms with Crippen LogP contribution in [-0.4, -0.2) is 25.5 Å². The predicted molar refractivity (Wildman–Crippen MR) is 48.7 cm³/mol. The van der Waals surface area contributed by atoms with Crippen LogP contribution in [0.3, 0.4) is 0 Å². The molecule has 0 spiro atoms. The maximum atomic E-state index is 9.64. The maximum absolute atomic E-state index is 9.64. The Labute approximate surface area is 79.7 Å². The van der Waals surface area contributed by atoms with Crippen molar-refractivity contribution in [3.05, 3.63) is 11.1 Å². The first kappa shape index (κ1) is 9.67. The summed E-state index contributed by atoms with van der Waals surface area (Å²) < 4.78 is 2.17. The molecule has 1 unspecified atom stereocenters. The number of nitrogens with zero attached hydrogens (tertiary/aromatic N) is 3. The van der Waals surface area contributed by atoms with E-state index in [9.17, 15) is 5.11 Å². The average Bonchev–Trinajstić information content (AvgIpc) is 2.32. The van der Waals surface area contributed by atoms with Gasteiger partial charge in [-0.2, -0.15) is 0 Å². The number of hydrogen-bond donors (Lipinski definition) is 1. The van der Waals surface area contributed by atoms with Gasteiger partial charge in [0.15, 0.2) is 0 Å². The zero-order valence-corrected chi connectivity index (χ0v) is 8.91. The van der Waals surface area contributed by atoms with Crippen molar-refractivity contribution in [3.63, 3.8) is 0 Å². The minimum atomic E-state index is -0.785. The number of rotatable bonds is 2. The van der Waals surface area contributed by atoms with Crippen molar-refractivity contribution in [1.29, 1.82) is 0 Å². The summed E-state index contributed by atoms with van der Waals surface area (Å²) >= 11 is 3.14. The number of aromatic nitrogens is 3. The van der Waals surface area contributed by atoms with Gasteiger partial charge in [-0.25, -0.2) is 9.67 Å². The van der Waals surface area contributed by atoms with Crippen LogP contribution in [0.1, 0.15) is 26.8 Å². The van der Waals surface area contributed by atoms with Gasteiger partial charge in [-0.3, -0.25) is 0 Å². The van der Waals surface area contributed by atoms with Crippen LogP contribution >= 0.6 is 15.9 Å². The Hall–Kier alpha value is -0.420. The molecule has 1 atom stereocenters. The highest BCUT2D eigenvalue weighted by Gasteiger charge is 2.24. The molecule has 1 aromatic rings. The van der Waals surface area contributed by atoms with Crippen LogP contribution < -0.4 is 0 Å². The summed E-state index contributed by atoms with van der Waals surface area (Å²) in [5.74, 6) is 0. The Kier molecular flexibility index (Phi) is 2.53. The lowest BCUT2D eigenvalue weighted by Gasteiger charge is -2.25. The van der Waals surface area contributed by atoms with E-state index in [0.29, 0.717) is 4.73 Å². The van der Waals surface area contributed by atoms with E-state index in [4.69, 9.17) is 0 Å². The fraction of sp³-hybridized carbons (Fsp3) is 0.714. The Morgan fingerprint density at radius 3 is 2.58 bits per heavy atom. The summed E-state index contributed by atoms with van der Waals surface area (Å²) in [7, 11) is 0. The Bertz CT molecular complexity index is 266. The Balaban J connectivity index is 2.85. The summed E-state index contributed by atoms with van der Waals surface area (Å²) in [6, 6.07) is -0.0868. The van der Waals surface area contributed by atoms with Crippen LogP contribution in [0.4, 0.5) is 0 Å². The first-order valence-corrected chi connectivity index (χ1v) is 4.49. The highest BCUT2D eigenvalue weighted by molar-refractivity contribution is 9.10. The van der Waals surface area contributed by atoms with E-state index in [1.54, 1.807) is 24.9 Å². The quantitative estimate of drug-likeness (QED) is 0.840. The molecule has 12 heavy (non-hydrogen) atoms. The first-order chi connectivity index (χ1) is 5.41. The Morgan fingerprint density at radius 1 is 1.67 bits per heavy atom. The molecule has 0 aromatic carbocycles. The topological polar surface area (TPSA) is 50.9 Å². The van der Waals surface area contributed by atoms with Gasteiger partial charge in [0.1, 0.15) is 6.33 Å². The van der Waals surface area contributed by atoms with E-state index in [2.05, 4.69) is 26.0 Å². The number of aliphatic hydroxyl groups is 1. The second-order valence-corrected chi connectivity index (χ2v) is 4.03. The SMILES string of the molecule is CC(n1cnc(Br)n1)C(C)(C)O. The summed E-state index contributed by atoms with van der Waals surface area (Å²) in [5, 5.41) is 13.7. The molecule has 1 heterocycles. The lowest BCUT2D eigenvalue weighted by molar-refractivity contribution is 0.0256. The largest absolute Gasteiger partial charge is 0.388 e. The van der Waals surface area contributed by atoms with Crippen LogP contribution in [0.2, 0.25) is 0 Å². The molecular formula is C7H12BrN3O. The maximum Gasteiger partial charge on any atom is 0.217 e. The van der Waals surface area contributed by atoms with Gasteiger partial charge in [0, 0.05) is 0 Å². The molecule has 0 aliphatic heterocycles. The van der Waals surface area contributed by atoms with E-state index < -0.39 is 5.60 Å². The van der Waals surface area contributed by atoms with Gasteiger partial charge in [-0.15, -0.1) is 5.10 Å². The predicted octanol–water partition coefficient (Wildman–Crippen LogP) is 1.37. The van der Waals surface area contributed by atoms with Crippen molar-refractivity contribution >= 4 is 15.9 Å². The van der Waals surface area contributed by atoms with Crippen molar-refractivity contribution in [2.45, 2.75) is 32.4 Å². The smallest absolute Gasteiger partial charge is 0.217 e. The monoisotopic (exact) mass is 233 g/mol. The van der Waals surface area contributed by atoms with Crippen LogP contribution in [0, 0.1) is 0 Å². The molecule has 0 saturated carbocycles. The van der Waals surface area contributed by atoms with Crippen LogP contribution in [-0.2, 0) is 0 Å². The third kappa shape index (κ3) is 2.04. The van der Waals surface area contributed by atoms with E-state index >= 15 is 0 Å². The third-order valence-electron chi connectivity index (χ3n) is 1.90. The van der Waals surface area contributed by atoms with Gasteiger partial charge >= 0.3 is 0 Å². The molecule has 0 saturated heterocycles. The molecule has 1 aromatic heterocycles. The van der Waals surface area contributed by atoms with Crippen molar-refractivity contribution in [3.8, 4) is 0 Å². The molecule has 4 nitrogen and oxygen atoms in total. The zero-order chi connectivity index (χ0) is 9.35. The summed E-state index contributed by atoms with van der Waals surface area (Å²) in [6.07, 6.45) is 1.59. The fourth-order valence-electron chi connectivity index (χ4n) is 0.764. The van der Waals surface area contributed by atoms with Crippen molar-refractivity contribution in [1.82, 2.24) is 14.8 Å². The molecule has 1 rings (SSSR count). The Morgan fingerprint density at radius 2 is 2.25 bits per heavy atom. The van der Waals surface area contributed by atoms with Gasteiger partial charge in [-0.1, -0.05) is 0 Å². The lowest BCUT2D eigenvalue weighted by atomic mass is 10.0. The molecule has 0 radical (unpaired) electrons. The van der Waals surface area contributed by atoms with E-state index in [1.165, 1.54) is 0 Å². The van der Waals surface area contributed by atoms with Gasteiger partial charge in [0.2, 0.25) is 4.73 Å². The molecule has 5 heteroatoms. The van der Waals surface area contributed by atoms with Gasteiger partial charge in [0.25, 0.3) is 0 Å². The van der Waals surface area contributed by atoms with Crippen LogP contribution in [0.5, 0.6) is 0 Å². The molecule has 1 N–H and O–H groups in total. The van der Waals surface area contributed by atoms with Gasteiger partial charge < -0.3 is 5.11 Å². The van der Waals surface area contributed by atoms with E-state index in [1.807, 2.05) is 6.92 Å². The molecule has 0 aliphatic carbocycles. The van der Waals surface area contributed by atoms with Crippen molar-refractivity contribution in [2.75, 3.05) is 0 Å². The zero-order valence-electron chi connectivity index (χ0n) is 7.32. The first-order valence-electron chi connectivity index (χ1n) is 3.70. The van der Waals surface area contributed by atoms with Crippen LogP contribution in [0.25, 0.3) is 0 Å². The van der Waals surface area contributed by atoms with Crippen LogP contribution in [0.15, 0.2) is 11.1 Å². The number of hydrogen-bond acceptors (Lipinski definition) is 3. The van der Waals surface area contributed by atoms with Crippen molar-refractivity contribution in [2.24, 2.45) is 0 Å². The molecule has 0 fully saturated rings. The minimum absolute atomic E-state index is 0.0868. The highest BCUT2D eigenvalue weighted by atomic mass is 79.9. The van der Waals surface area contributed by atoms with E-state index in [0.717, 1.165) is 0 Å². The lowest BCUT2D eigenvalue weighted by Crippen LogP contribution is -2.31. The minimum Gasteiger partial charge on any atom is -0.388 e. The highest BCUT2D eigenvalue weighted by Crippen LogP contribution is 2.20. The van der Waals surface area contributed by atoms with E-state index in [-0.39, 0.29) is 6.04 Å². The van der Waals surface area contributed by atoms with Gasteiger partial charge in [0.05, 0.1) is 11.6 Å². The van der Waals surface area contributed by atoms with Gasteiger partial charge in [-0.05, 0) is 36.7 Å². The van der Waals surface area contributed by atoms with Crippen molar-refractivity contribution < 1.29 is 5.11 Å². The third-order valence-corrected chi connectivity index (χ3v) is 2.26. The summed E-state index contributed by atoms with van der Waals surface area (Å²) in [6.45, 7) is 5.38. The molecular weight excluding hydrogens is 222 g/mol. The average molecular weight is 234 g/mol. The summed E-state index contributed by atoms with van der Waals surface area (Å²) in [4.78, 5) is 3.91. The summed E-state index contributed by atoms with van der Waals surface area (Å²) in [5.41, 5.74) is -0.785. The molecule has 0 aliphatic rings. The second kappa shape index (κ2) is 3.14. The molecule has 0 bridgehead atoms. The normalized spacial score (nSPS) is 14.8. The standard InChI is InChI=1S/C7H12BrN3O/c1-5(7(2,3)12)11-4-9-6(8)10-11/h4-5,12H,1-3H3. The fourth-order valence-corrected chi connectivity index (χ4v) is 1.04. The molecule has 68 valence electrons. The number of halogens is 1.